The summed E-state index contributed by atoms with van der Waals surface area (Å²) in [6, 6.07) is 2.71. The number of nitrogens with zero attached hydrogens (tertiary/aromatic N) is 1. The van der Waals surface area contributed by atoms with Crippen LogP contribution in [0.2, 0.25) is 0 Å². The first kappa shape index (κ1) is 13.3. The van der Waals surface area contributed by atoms with Crippen molar-refractivity contribution in [2.24, 2.45) is 0 Å². The molecule has 1 aromatic heterocycles. The average Bonchev–Trinajstić information content (AvgIpc) is 2.08. The number of rotatable bonds is 3. The summed E-state index contributed by atoms with van der Waals surface area (Å²) in [4.78, 5) is 4.12. The number of hydrogen-bond acceptors (Lipinski definition) is 2. The van der Waals surface area contributed by atoms with Gasteiger partial charge in [-0.2, -0.15) is 13.2 Å². The van der Waals surface area contributed by atoms with E-state index in [1.54, 1.807) is 19.1 Å². The molecule has 1 unspecified atom stereocenters. The summed E-state index contributed by atoms with van der Waals surface area (Å²) >= 11 is 3.27. The number of halogens is 4. The zero-order chi connectivity index (χ0) is 12.3. The van der Waals surface area contributed by atoms with E-state index in [4.69, 9.17) is 0 Å². The van der Waals surface area contributed by atoms with Crippen molar-refractivity contribution in [1.82, 2.24) is 4.98 Å². The SMILES string of the molecule is Cc1nc(NC(C)CC(F)(F)F)ccc1Br. The van der Waals surface area contributed by atoms with Gasteiger partial charge in [0.25, 0.3) is 0 Å². The first-order chi connectivity index (χ1) is 7.28. The van der Waals surface area contributed by atoms with Gasteiger partial charge in [0.05, 0.1) is 12.1 Å². The van der Waals surface area contributed by atoms with Gasteiger partial charge in [-0.05, 0) is 41.9 Å². The van der Waals surface area contributed by atoms with Crippen LogP contribution in [0.15, 0.2) is 16.6 Å². The van der Waals surface area contributed by atoms with Crippen molar-refractivity contribution in [2.45, 2.75) is 32.5 Å². The quantitative estimate of drug-likeness (QED) is 0.915. The minimum atomic E-state index is -4.16. The lowest BCUT2D eigenvalue weighted by molar-refractivity contribution is -0.136. The first-order valence-electron chi connectivity index (χ1n) is 4.74. The number of pyridine rings is 1. The van der Waals surface area contributed by atoms with Gasteiger partial charge >= 0.3 is 6.18 Å². The van der Waals surface area contributed by atoms with E-state index in [0.717, 1.165) is 10.2 Å². The van der Waals surface area contributed by atoms with Gasteiger partial charge in [-0.3, -0.25) is 0 Å². The van der Waals surface area contributed by atoms with E-state index in [1.165, 1.54) is 6.92 Å². The molecule has 0 aliphatic carbocycles. The molecule has 16 heavy (non-hydrogen) atoms. The molecule has 0 radical (unpaired) electrons. The highest BCUT2D eigenvalue weighted by Gasteiger charge is 2.30. The number of nitrogens with one attached hydrogen (secondary N) is 1. The lowest BCUT2D eigenvalue weighted by Crippen LogP contribution is -2.24. The monoisotopic (exact) mass is 296 g/mol. The Morgan fingerprint density at radius 1 is 1.44 bits per heavy atom. The van der Waals surface area contributed by atoms with E-state index < -0.39 is 18.6 Å². The third-order valence-corrected chi connectivity index (χ3v) is 2.79. The Labute approximate surface area is 100 Å². The third kappa shape index (κ3) is 4.38. The fourth-order valence-corrected chi connectivity index (χ4v) is 1.50. The number of aromatic nitrogens is 1. The maximum absolute atomic E-state index is 12.1. The molecule has 1 atom stereocenters. The van der Waals surface area contributed by atoms with Crippen LogP contribution in [0.1, 0.15) is 19.0 Å². The molecule has 0 aliphatic rings. The molecule has 1 N–H and O–H groups in total. The Hall–Kier alpha value is -0.780. The van der Waals surface area contributed by atoms with Gasteiger partial charge in [-0.25, -0.2) is 4.98 Å². The zero-order valence-corrected chi connectivity index (χ0v) is 10.5. The molecule has 0 saturated heterocycles. The maximum Gasteiger partial charge on any atom is 0.391 e. The number of alkyl halides is 3. The van der Waals surface area contributed by atoms with Crippen molar-refractivity contribution in [3.05, 3.63) is 22.3 Å². The van der Waals surface area contributed by atoms with Crippen LogP contribution >= 0.6 is 15.9 Å². The Bertz CT molecular complexity index is 366. The van der Waals surface area contributed by atoms with Gasteiger partial charge in [-0.15, -0.1) is 0 Å². The highest BCUT2D eigenvalue weighted by molar-refractivity contribution is 9.10. The standard InChI is InChI=1S/C10H12BrF3N2/c1-6(5-10(12,13)14)15-9-4-3-8(11)7(2)16-9/h3-4,6H,5H2,1-2H3,(H,15,16). The van der Waals surface area contributed by atoms with Crippen molar-refractivity contribution in [1.29, 1.82) is 0 Å². The van der Waals surface area contributed by atoms with E-state index in [9.17, 15) is 13.2 Å². The Morgan fingerprint density at radius 3 is 2.56 bits per heavy atom. The van der Waals surface area contributed by atoms with E-state index >= 15 is 0 Å². The average molecular weight is 297 g/mol. The smallest absolute Gasteiger partial charge is 0.367 e. The Balaban J connectivity index is 2.63. The van der Waals surface area contributed by atoms with Crippen molar-refractivity contribution in [3.63, 3.8) is 0 Å². The predicted octanol–water partition coefficient (Wildman–Crippen LogP) is 3.91. The topological polar surface area (TPSA) is 24.9 Å². The minimum absolute atomic E-state index is 0.456. The second-order valence-electron chi connectivity index (χ2n) is 3.63. The summed E-state index contributed by atoms with van der Waals surface area (Å²) in [5, 5.41) is 2.71. The summed E-state index contributed by atoms with van der Waals surface area (Å²) in [6.45, 7) is 3.26. The van der Waals surface area contributed by atoms with E-state index in [0.29, 0.717) is 5.82 Å². The van der Waals surface area contributed by atoms with Crippen LogP contribution in [0.25, 0.3) is 0 Å². The van der Waals surface area contributed by atoms with Crippen LogP contribution in [0.4, 0.5) is 19.0 Å². The minimum Gasteiger partial charge on any atom is -0.367 e. The molecule has 1 heterocycles. The molecule has 0 aromatic carbocycles. The molecule has 0 bridgehead atoms. The van der Waals surface area contributed by atoms with Crippen LogP contribution in [0.3, 0.4) is 0 Å². The second kappa shape index (κ2) is 5.03. The first-order valence-corrected chi connectivity index (χ1v) is 5.53. The van der Waals surface area contributed by atoms with Crippen LogP contribution in [-0.2, 0) is 0 Å². The number of hydrogen-bond donors (Lipinski definition) is 1. The molecule has 1 rings (SSSR count). The maximum atomic E-state index is 12.1. The highest BCUT2D eigenvalue weighted by atomic mass is 79.9. The molecular formula is C10H12BrF3N2. The summed E-state index contributed by atoms with van der Waals surface area (Å²) in [6.07, 6.45) is -5.03. The van der Waals surface area contributed by atoms with Crippen molar-refractivity contribution >= 4 is 21.7 Å². The van der Waals surface area contributed by atoms with Crippen LogP contribution in [-0.4, -0.2) is 17.2 Å². The van der Waals surface area contributed by atoms with Gasteiger partial charge in [0, 0.05) is 10.5 Å². The Kier molecular flexibility index (Phi) is 4.18. The van der Waals surface area contributed by atoms with Crippen molar-refractivity contribution in [3.8, 4) is 0 Å². The summed E-state index contributed by atoms with van der Waals surface area (Å²) in [7, 11) is 0. The van der Waals surface area contributed by atoms with E-state index in [1.807, 2.05) is 0 Å². The van der Waals surface area contributed by atoms with Crippen molar-refractivity contribution < 1.29 is 13.2 Å². The largest absolute Gasteiger partial charge is 0.391 e. The summed E-state index contributed by atoms with van der Waals surface area (Å²) < 4.78 is 37.1. The van der Waals surface area contributed by atoms with Crippen molar-refractivity contribution in [2.75, 3.05) is 5.32 Å². The lowest BCUT2D eigenvalue weighted by Gasteiger charge is -2.16. The second-order valence-corrected chi connectivity index (χ2v) is 4.48. The van der Waals surface area contributed by atoms with Gasteiger partial charge in [-0.1, -0.05) is 0 Å². The predicted molar refractivity (Wildman–Crippen MR) is 60.4 cm³/mol. The van der Waals surface area contributed by atoms with Crippen LogP contribution in [0.5, 0.6) is 0 Å². The summed E-state index contributed by atoms with van der Waals surface area (Å²) in [5.74, 6) is 0.456. The Morgan fingerprint density at radius 2 is 2.06 bits per heavy atom. The molecular weight excluding hydrogens is 285 g/mol. The number of anilines is 1. The zero-order valence-electron chi connectivity index (χ0n) is 8.90. The van der Waals surface area contributed by atoms with Gasteiger partial charge in [0.15, 0.2) is 0 Å². The van der Waals surface area contributed by atoms with Gasteiger partial charge < -0.3 is 5.32 Å². The molecule has 0 amide bonds. The molecule has 6 heteroatoms. The van der Waals surface area contributed by atoms with Gasteiger partial charge in [0.1, 0.15) is 5.82 Å². The van der Waals surface area contributed by atoms with Crippen LogP contribution < -0.4 is 5.32 Å². The molecule has 0 saturated carbocycles. The normalized spacial score (nSPS) is 13.6. The third-order valence-electron chi connectivity index (χ3n) is 1.95. The fraction of sp³-hybridized carbons (Fsp3) is 0.500. The van der Waals surface area contributed by atoms with Crippen LogP contribution in [0, 0.1) is 6.92 Å². The van der Waals surface area contributed by atoms with E-state index in [2.05, 4.69) is 26.2 Å². The fourth-order valence-electron chi connectivity index (χ4n) is 1.28. The summed E-state index contributed by atoms with van der Waals surface area (Å²) in [5.41, 5.74) is 0.740. The molecule has 1 aromatic rings. The lowest BCUT2D eigenvalue weighted by atomic mass is 10.2. The molecule has 90 valence electrons. The van der Waals surface area contributed by atoms with E-state index in [-0.39, 0.29) is 0 Å². The highest BCUT2D eigenvalue weighted by Crippen LogP contribution is 2.23. The molecule has 0 aliphatic heterocycles. The molecule has 2 nitrogen and oxygen atoms in total. The van der Waals surface area contributed by atoms with Gasteiger partial charge in [0.2, 0.25) is 0 Å². The number of aryl methyl sites for hydroxylation is 1. The molecule has 0 spiro atoms. The molecule has 0 fully saturated rings.